The molecule has 1 aliphatic heterocycles. The minimum absolute atomic E-state index is 0.118. The summed E-state index contributed by atoms with van der Waals surface area (Å²) in [4.78, 5) is 6.31. The second-order valence-electron chi connectivity index (χ2n) is 9.94. The fourth-order valence-electron chi connectivity index (χ4n) is 4.50. The molecule has 1 fully saturated rings. The number of rotatable bonds is 8. The van der Waals surface area contributed by atoms with Crippen LogP contribution in [0.1, 0.15) is 41.6 Å². The fraction of sp³-hybridized carbons (Fsp3) is 0.448. The number of aliphatic hydroxyl groups excluding tert-OH is 1. The number of halogens is 3. The number of alkyl halides is 3. The zero-order valence-corrected chi connectivity index (χ0v) is 21.9. The number of nitriles is 1. The Labute approximate surface area is 222 Å². The van der Waals surface area contributed by atoms with Crippen LogP contribution < -0.4 is 4.74 Å². The van der Waals surface area contributed by atoms with Crippen LogP contribution in [-0.2, 0) is 19.4 Å². The second-order valence-corrected chi connectivity index (χ2v) is 9.94. The van der Waals surface area contributed by atoms with Crippen LogP contribution in [0.3, 0.4) is 0 Å². The highest BCUT2D eigenvalue weighted by Crippen LogP contribution is 2.35. The molecule has 0 spiro atoms. The minimum Gasteiger partial charge on any atom is -0.406 e. The summed E-state index contributed by atoms with van der Waals surface area (Å²) in [5, 5.41) is 18.4. The maximum Gasteiger partial charge on any atom is 0.573 e. The number of benzene rings is 2. The molecule has 9 heteroatoms. The van der Waals surface area contributed by atoms with E-state index in [1.165, 1.54) is 23.4 Å². The molecule has 0 radical (unpaired) electrons. The van der Waals surface area contributed by atoms with Gasteiger partial charge in [0.1, 0.15) is 5.75 Å². The van der Waals surface area contributed by atoms with Gasteiger partial charge in [-0.25, -0.2) is 4.98 Å². The van der Waals surface area contributed by atoms with Gasteiger partial charge in [0.15, 0.2) is 0 Å². The molecular weight excluding hydrogens is 493 g/mol. The molecule has 0 bridgehead atoms. The summed E-state index contributed by atoms with van der Waals surface area (Å²) in [7, 11) is 2.05. The molecule has 0 saturated carbocycles. The van der Waals surface area contributed by atoms with Crippen molar-refractivity contribution in [1.82, 2.24) is 14.5 Å². The first kappa shape index (κ1) is 29.2. The van der Waals surface area contributed by atoms with Gasteiger partial charge in [0.2, 0.25) is 0 Å². The van der Waals surface area contributed by atoms with Crippen molar-refractivity contribution in [2.45, 2.75) is 51.9 Å². The Morgan fingerprint density at radius 2 is 1.79 bits per heavy atom. The van der Waals surface area contributed by atoms with Crippen LogP contribution in [0.2, 0.25) is 0 Å². The molecule has 2 aromatic carbocycles. The van der Waals surface area contributed by atoms with E-state index in [9.17, 15) is 18.3 Å². The predicted molar refractivity (Wildman–Crippen MR) is 140 cm³/mol. The molecule has 6 nitrogen and oxygen atoms in total. The van der Waals surface area contributed by atoms with E-state index in [0.29, 0.717) is 12.0 Å². The van der Waals surface area contributed by atoms with Crippen LogP contribution in [0, 0.1) is 23.7 Å². The van der Waals surface area contributed by atoms with Crippen molar-refractivity contribution in [3.05, 3.63) is 83.4 Å². The molecule has 2 heterocycles. The first-order chi connectivity index (χ1) is 18.1. The number of ether oxygens (including phenoxy) is 1. The first-order valence-corrected chi connectivity index (χ1v) is 12.7. The van der Waals surface area contributed by atoms with Gasteiger partial charge in [0.05, 0.1) is 18.0 Å². The molecule has 0 amide bonds. The van der Waals surface area contributed by atoms with Gasteiger partial charge in [0, 0.05) is 25.0 Å². The maximum atomic E-state index is 12.2. The Kier molecular flexibility index (Phi) is 10.3. The van der Waals surface area contributed by atoms with Gasteiger partial charge in [-0.3, -0.25) is 0 Å². The number of hydrogen-bond acceptors (Lipinski definition) is 5. The highest BCUT2D eigenvalue weighted by atomic mass is 19.4. The number of imidazole rings is 1. The van der Waals surface area contributed by atoms with E-state index in [1.807, 2.05) is 43.7 Å². The van der Waals surface area contributed by atoms with E-state index in [0.717, 1.165) is 50.9 Å². The van der Waals surface area contributed by atoms with E-state index < -0.39 is 6.36 Å². The van der Waals surface area contributed by atoms with Crippen molar-refractivity contribution in [1.29, 1.82) is 5.26 Å². The third-order valence-electron chi connectivity index (χ3n) is 7.10. The quantitative estimate of drug-likeness (QED) is 0.416. The number of likely N-dealkylation sites (tertiary alicyclic amines) is 1. The largest absolute Gasteiger partial charge is 0.573 e. The van der Waals surface area contributed by atoms with Gasteiger partial charge in [0.25, 0.3) is 0 Å². The molecule has 3 aromatic rings. The summed E-state index contributed by atoms with van der Waals surface area (Å²) < 4.78 is 42.8. The Balaban J connectivity index is 0.000000221. The summed E-state index contributed by atoms with van der Waals surface area (Å²) in [6.07, 6.45) is 3.24. The Hall–Kier alpha value is -3.35. The molecule has 1 N–H and O–H groups in total. The number of aromatic nitrogens is 2. The lowest BCUT2D eigenvalue weighted by Gasteiger charge is -2.39. The molecule has 204 valence electrons. The van der Waals surface area contributed by atoms with E-state index in [2.05, 4.69) is 32.3 Å². The number of hydrogen-bond donors (Lipinski definition) is 1. The normalized spacial score (nSPS) is 15.3. The van der Waals surface area contributed by atoms with Crippen molar-refractivity contribution >= 4 is 0 Å². The van der Waals surface area contributed by atoms with Crippen molar-refractivity contribution in [3.8, 4) is 11.8 Å². The van der Waals surface area contributed by atoms with Gasteiger partial charge in [-0.15, -0.1) is 13.2 Å². The average Bonchev–Trinajstić information content (AvgIpc) is 3.32. The third kappa shape index (κ3) is 9.19. The van der Waals surface area contributed by atoms with Crippen molar-refractivity contribution in [3.63, 3.8) is 0 Å². The Morgan fingerprint density at radius 3 is 2.37 bits per heavy atom. The summed E-state index contributed by atoms with van der Waals surface area (Å²) in [5.74, 6) is -0.188. The van der Waals surface area contributed by atoms with Crippen LogP contribution in [-0.4, -0.2) is 52.7 Å². The number of aliphatic hydroxyl groups is 1. The SMILES string of the molecule is CN1CCC(CO)(CCc2cccc(OC(F)(F)F)c2)CC1.Cc1cncn1CCc1ccc(C#N)cc1. The molecule has 38 heavy (non-hydrogen) atoms. The summed E-state index contributed by atoms with van der Waals surface area (Å²) >= 11 is 0. The lowest BCUT2D eigenvalue weighted by Crippen LogP contribution is -2.40. The van der Waals surface area contributed by atoms with Crippen LogP contribution in [0.5, 0.6) is 5.75 Å². The molecule has 4 rings (SSSR count). The standard InChI is InChI=1S/C16H22F3NO2.C13H13N3/c1-20-9-7-15(12-21,8-10-20)6-5-13-3-2-4-14(11-13)22-16(17,18)19;1-11-9-15-10-16(11)7-6-12-2-4-13(8-14)5-3-12/h2-4,11,21H,5-10,12H2,1H3;2-5,9-10H,6-7H2,1H3. The van der Waals surface area contributed by atoms with Crippen molar-refractivity contribution in [2.75, 3.05) is 26.7 Å². The van der Waals surface area contributed by atoms with E-state index in [1.54, 1.807) is 12.1 Å². The van der Waals surface area contributed by atoms with Gasteiger partial charge in [-0.2, -0.15) is 5.26 Å². The molecule has 0 atom stereocenters. The van der Waals surface area contributed by atoms with Gasteiger partial charge >= 0.3 is 6.36 Å². The van der Waals surface area contributed by atoms with Gasteiger partial charge in [-0.1, -0.05) is 24.3 Å². The highest BCUT2D eigenvalue weighted by molar-refractivity contribution is 5.31. The summed E-state index contributed by atoms with van der Waals surface area (Å²) in [6, 6.07) is 15.9. The van der Waals surface area contributed by atoms with Crippen LogP contribution >= 0.6 is 0 Å². The topological polar surface area (TPSA) is 74.3 Å². The zero-order chi connectivity index (χ0) is 27.6. The molecule has 0 aliphatic carbocycles. The average molecular weight is 529 g/mol. The van der Waals surface area contributed by atoms with Crippen LogP contribution in [0.25, 0.3) is 0 Å². The molecule has 0 unspecified atom stereocenters. The Bertz CT molecular complexity index is 1180. The zero-order valence-electron chi connectivity index (χ0n) is 21.9. The lowest BCUT2D eigenvalue weighted by atomic mass is 9.75. The van der Waals surface area contributed by atoms with Crippen molar-refractivity contribution < 1.29 is 23.0 Å². The fourth-order valence-corrected chi connectivity index (χ4v) is 4.50. The highest BCUT2D eigenvalue weighted by Gasteiger charge is 2.33. The van der Waals surface area contributed by atoms with Gasteiger partial charge in [-0.05, 0) is 100.0 Å². The van der Waals surface area contributed by atoms with Gasteiger partial charge < -0.3 is 19.3 Å². The Morgan fingerprint density at radius 1 is 1.08 bits per heavy atom. The minimum atomic E-state index is -4.67. The molecule has 1 aliphatic rings. The maximum absolute atomic E-state index is 12.2. The summed E-state index contributed by atoms with van der Waals surface area (Å²) in [6.45, 7) is 4.98. The second kappa shape index (κ2) is 13.4. The van der Waals surface area contributed by atoms with Crippen molar-refractivity contribution in [2.24, 2.45) is 5.41 Å². The van der Waals surface area contributed by atoms with Crippen LogP contribution in [0.15, 0.2) is 61.1 Å². The lowest BCUT2D eigenvalue weighted by molar-refractivity contribution is -0.274. The molecule has 1 saturated heterocycles. The van der Waals surface area contributed by atoms with E-state index in [-0.39, 0.29) is 17.8 Å². The number of aryl methyl sites for hydroxylation is 4. The number of nitrogens with zero attached hydrogens (tertiary/aromatic N) is 4. The third-order valence-corrected chi connectivity index (χ3v) is 7.10. The van der Waals surface area contributed by atoms with E-state index in [4.69, 9.17) is 5.26 Å². The smallest absolute Gasteiger partial charge is 0.406 e. The molecular formula is C29H35F3N4O2. The predicted octanol–water partition coefficient (Wildman–Crippen LogP) is 5.53. The first-order valence-electron chi connectivity index (χ1n) is 12.7. The number of piperidine rings is 1. The molecule has 1 aromatic heterocycles. The van der Waals surface area contributed by atoms with E-state index >= 15 is 0 Å². The monoisotopic (exact) mass is 528 g/mol. The van der Waals surface area contributed by atoms with Crippen LogP contribution in [0.4, 0.5) is 13.2 Å². The summed E-state index contributed by atoms with van der Waals surface area (Å²) in [5.41, 5.74) is 3.81.